The summed E-state index contributed by atoms with van der Waals surface area (Å²) < 4.78 is 19.2. The number of hydrogen-bond acceptors (Lipinski definition) is 2. The van der Waals surface area contributed by atoms with Gasteiger partial charge in [-0.05, 0) is 30.7 Å². The van der Waals surface area contributed by atoms with Crippen LogP contribution in [-0.4, -0.2) is 0 Å². The largest absolute Gasteiger partial charge is 0.457 e. The predicted octanol–water partition coefficient (Wildman–Crippen LogP) is 3.81. The van der Waals surface area contributed by atoms with Gasteiger partial charge in [-0.15, -0.1) is 12.4 Å². The van der Waals surface area contributed by atoms with E-state index in [2.05, 4.69) is 0 Å². The molecule has 0 amide bonds. The standard InChI is InChI=1S/C14H14FNO.ClH/c1-10-7-12(8-14(15)13(10)9-16)17-11-5-3-2-4-6-11;/h2-8H,9,16H2,1H3;1H. The minimum atomic E-state index is -0.321. The molecule has 0 fully saturated rings. The maximum absolute atomic E-state index is 13.7. The fourth-order valence-corrected chi connectivity index (χ4v) is 1.68. The number of benzene rings is 2. The average Bonchev–Trinajstić information content (AvgIpc) is 2.30. The van der Waals surface area contributed by atoms with Crippen LogP contribution in [0.2, 0.25) is 0 Å². The number of hydrogen-bond donors (Lipinski definition) is 1. The molecule has 0 saturated heterocycles. The first-order valence-electron chi connectivity index (χ1n) is 5.42. The Morgan fingerprint density at radius 3 is 2.33 bits per heavy atom. The summed E-state index contributed by atoms with van der Waals surface area (Å²) in [5.41, 5.74) is 6.81. The number of ether oxygens (including phenoxy) is 1. The molecule has 18 heavy (non-hydrogen) atoms. The highest BCUT2D eigenvalue weighted by atomic mass is 35.5. The molecule has 0 spiro atoms. The molecule has 0 aliphatic heterocycles. The van der Waals surface area contributed by atoms with Gasteiger partial charge in [0.1, 0.15) is 17.3 Å². The molecule has 0 saturated carbocycles. The third kappa shape index (κ3) is 3.22. The molecule has 0 atom stereocenters. The van der Waals surface area contributed by atoms with E-state index in [0.717, 1.165) is 5.56 Å². The highest BCUT2D eigenvalue weighted by Crippen LogP contribution is 2.25. The van der Waals surface area contributed by atoms with Crippen molar-refractivity contribution in [2.75, 3.05) is 0 Å². The first-order chi connectivity index (χ1) is 8.20. The Hall–Kier alpha value is -1.58. The van der Waals surface area contributed by atoms with E-state index in [0.29, 0.717) is 17.1 Å². The van der Waals surface area contributed by atoms with Crippen LogP contribution in [0.25, 0.3) is 0 Å². The topological polar surface area (TPSA) is 35.2 Å². The average molecular weight is 268 g/mol. The summed E-state index contributed by atoms with van der Waals surface area (Å²) >= 11 is 0. The molecular weight excluding hydrogens is 253 g/mol. The van der Waals surface area contributed by atoms with Crippen LogP contribution in [0.15, 0.2) is 42.5 Å². The zero-order chi connectivity index (χ0) is 12.3. The van der Waals surface area contributed by atoms with Gasteiger partial charge >= 0.3 is 0 Å². The Bertz CT molecular complexity index is 493. The Labute approximate surface area is 112 Å². The van der Waals surface area contributed by atoms with Crippen molar-refractivity contribution in [2.24, 2.45) is 5.73 Å². The SMILES string of the molecule is Cc1cc(Oc2ccccc2)cc(F)c1CN.Cl. The Balaban J connectivity index is 0.00000162. The van der Waals surface area contributed by atoms with Gasteiger partial charge in [-0.2, -0.15) is 0 Å². The molecular formula is C14H15ClFNO. The second-order valence-electron chi connectivity index (χ2n) is 3.82. The van der Waals surface area contributed by atoms with Crippen LogP contribution in [0.1, 0.15) is 11.1 Å². The van der Waals surface area contributed by atoms with Crippen LogP contribution < -0.4 is 10.5 Å². The zero-order valence-electron chi connectivity index (χ0n) is 10.0. The lowest BCUT2D eigenvalue weighted by Crippen LogP contribution is -2.03. The normalized spacial score (nSPS) is 9.72. The van der Waals surface area contributed by atoms with Gasteiger partial charge in [0.2, 0.25) is 0 Å². The molecule has 2 aromatic carbocycles. The third-order valence-electron chi connectivity index (χ3n) is 2.58. The molecule has 0 aliphatic rings. The summed E-state index contributed by atoms with van der Waals surface area (Å²) in [4.78, 5) is 0. The quantitative estimate of drug-likeness (QED) is 0.918. The molecule has 0 aromatic heterocycles. The minimum absolute atomic E-state index is 0. The van der Waals surface area contributed by atoms with Crippen molar-refractivity contribution in [2.45, 2.75) is 13.5 Å². The molecule has 0 unspecified atom stereocenters. The summed E-state index contributed by atoms with van der Waals surface area (Å²) in [7, 11) is 0. The summed E-state index contributed by atoms with van der Waals surface area (Å²) in [6.07, 6.45) is 0. The van der Waals surface area contributed by atoms with Crippen LogP contribution >= 0.6 is 12.4 Å². The van der Waals surface area contributed by atoms with E-state index in [1.807, 2.05) is 37.3 Å². The van der Waals surface area contributed by atoms with Crippen LogP contribution in [0.4, 0.5) is 4.39 Å². The van der Waals surface area contributed by atoms with Crippen LogP contribution in [0.5, 0.6) is 11.5 Å². The van der Waals surface area contributed by atoms with E-state index in [1.165, 1.54) is 6.07 Å². The van der Waals surface area contributed by atoms with Crippen molar-refractivity contribution in [3.63, 3.8) is 0 Å². The van der Waals surface area contributed by atoms with E-state index in [-0.39, 0.29) is 24.8 Å². The monoisotopic (exact) mass is 267 g/mol. The second-order valence-corrected chi connectivity index (χ2v) is 3.82. The van der Waals surface area contributed by atoms with Gasteiger partial charge in [0.05, 0.1) is 0 Å². The van der Waals surface area contributed by atoms with E-state index in [4.69, 9.17) is 10.5 Å². The molecule has 0 heterocycles. The molecule has 0 aliphatic carbocycles. The predicted molar refractivity (Wildman–Crippen MR) is 72.8 cm³/mol. The summed E-state index contributed by atoms with van der Waals surface area (Å²) in [6.45, 7) is 2.02. The van der Waals surface area contributed by atoms with Crippen molar-refractivity contribution in [3.8, 4) is 11.5 Å². The van der Waals surface area contributed by atoms with Gasteiger partial charge in [-0.25, -0.2) is 4.39 Å². The Kier molecular flexibility index (Phi) is 5.13. The molecule has 4 heteroatoms. The van der Waals surface area contributed by atoms with Crippen molar-refractivity contribution >= 4 is 12.4 Å². The van der Waals surface area contributed by atoms with E-state index in [9.17, 15) is 4.39 Å². The molecule has 0 bridgehead atoms. The Morgan fingerprint density at radius 1 is 1.11 bits per heavy atom. The number of nitrogens with two attached hydrogens (primary N) is 1. The lowest BCUT2D eigenvalue weighted by molar-refractivity contribution is 0.475. The molecule has 2 rings (SSSR count). The first-order valence-corrected chi connectivity index (χ1v) is 5.42. The fourth-order valence-electron chi connectivity index (χ4n) is 1.68. The van der Waals surface area contributed by atoms with Crippen molar-refractivity contribution in [1.82, 2.24) is 0 Å². The van der Waals surface area contributed by atoms with E-state index >= 15 is 0 Å². The number of rotatable bonds is 3. The molecule has 2 N–H and O–H groups in total. The van der Waals surface area contributed by atoms with Crippen molar-refractivity contribution in [1.29, 1.82) is 0 Å². The first kappa shape index (κ1) is 14.5. The van der Waals surface area contributed by atoms with Crippen molar-refractivity contribution < 1.29 is 9.13 Å². The molecule has 96 valence electrons. The summed E-state index contributed by atoms with van der Waals surface area (Å²) in [5, 5.41) is 0. The Morgan fingerprint density at radius 2 is 1.78 bits per heavy atom. The zero-order valence-corrected chi connectivity index (χ0v) is 10.8. The van der Waals surface area contributed by atoms with Gasteiger partial charge in [0.25, 0.3) is 0 Å². The smallest absolute Gasteiger partial charge is 0.131 e. The van der Waals surface area contributed by atoms with Crippen molar-refractivity contribution in [3.05, 3.63) is 59.4 Å². The van der Waals surface area contributed by atoms with E-state index < -0.39 is 0 Å². The minimum Gasteiger partial charge on any atom is -0.457 e. The van der Waals surface area contributed by atoms with Gasteiger partial charge in [-0.3, -0.25) is 0 Å². The van der Waals surface area contributed by atoms with Crippen LogP contribution in [0, 0.1) is 12.7 Å². The van der Waals surface area contributed by atoms with Gasteiger partial charge in [0.15, 0.2) is 0 Å². The van der Waals surface area contributed by atoms with Gasteiger partial charge in [-0.1, -0.05) is 18.2 Å². The molecule has 2 aromatic rings. The molecule has 0 radical (unpaired) electrons. The number of halogens is 2. The van der Waals surface area contributed by atoms with E-state index in [1.54, 1.807) is 6.07 Å². The van der Waals surface area contributed by atoms with Crippen LogP contribution in [0.3, 0.4) is 0 Å². The number of para-hydroxylation sites is 1. The summed E-state index contributed by atoms with van der Waals surface area (Å²) in [5.74, 6) is 0.855. The fraction of sp³-hybridized carbons (Fsp3) is 0.143. The molecule has 2 nitrogen and oxygen atoms in total. The maximum Gasteiger partial charge on any atom is 0.131 e. The second kappa shape index (κ2) is 6.38. The maximum atomic E-state index is 13.7. The van der Waals surface area contributed by atoms with Crippen LogP contribution in [-0.2, 0) is 6.54 Å². The number of aryl methyl sites for hydroxylation is 1. The van der Waals surface area contributed by atoms with Gasteiger partial charge < -0.3 is 10.5 Å². The van der Waals surface area contributed by atoms with Gasteiger partial charge in [0, 0.05) is 18.2 Å². The summed E-state index contributed by atoms with van der Waals surface area (Å²) in [6, 6.07) is 12.4. The lowest BCUT2D eigenvalue weighted by Gasteiger charge is -2.10. The highest BCUT2D eigenvalue weighted by molar-refractivity contribution is 5.85. The lowest BCUT2D eigenvalue weighted by atomic mass is 10.1. The third-order valence-corrected chi connectivity index (χ3v) is 2.58. The highest BCUT2D eigenvalue weighted by Gasteiger charge is 2.07.